The molecule has 2 heterocycles. The van der Waals surface area contributed by atoms with E-state index in [-0.39, 0.29) is 23.6 Å². The van der Waals surface area contributed by atoms with E-state index in [9.17, 15) is 4.79 Å². The van der Waals surface area contributed by atoms with E-state index in [0.717, 1.165) is 31.4 Å². The van der Waals surface area contributed by atoms with Crippen LogP contribution in [0.15, 0.2) is 65.7 Å². The van der Waals surface area contributed by atoms with Crippen LogP contribution in [0.3, 0.4) is 0 Å². The molecule has 4 aromatic rings. The molecule has 0 aliphatic heterocycles. The van der Waals surface area contributed by atoms with Gasteiger partial charge in [0.1, 0.15) is 23.3 Å². The second-order valence-corrected chi connectivity index (χ2v) is 7.90. The Morgan fingerprint density at radius 3 is 2.29 bits per heavy atom. The molecule has 1 saturated carbocycles. The third kappa shape index (κ3) is 3.55. The maximum atomic E-state index is 13.5. The van der Waals surface area contributed by atoms with Crippen molar-refractivity contribution in [2.75, 3.05) is 5.73 Å². The highest BCUT2D eigenvalue weighted by atomic mass is 16.5. The zero-order chi connectivity index (χ0) is 21.4. The fraction of sp³-hybridized carbons (Fsp3) is 0.261. The minimum Gasteiger partial charge on any atom is -0.457 e. The number of anilines is 1. The number of nitrogen functional groups attached to an aromatic ring is 1. The second-order valence-electron chi connectivity index (χ2n) is 7.90. The van der Waals surface area contributed by atoms with Crippen LogP contribution in [-0.4, -0.2) is 25.1 Å². The van der Waals surface area contributed by atoms with Crippen molar-refractivity contribution < 1.29 is 4.74 Å². The van der Waals surface area contributed by atoms with Crippen LogP contribution in [0.2, 0.25) is 0 Å². The quantitative estimate of drug-likeness (QED) is 0.527. The van der Waals surface area contributed by atoms with Crippen LogP contribution in [0.25, 0.3) is 16.9 Å². The molecule has 1 fully saturated rings. The predicted molar refractivity (Wildman–Crippen MR) is 120 cm³/mol. The molecular formula is C23H24N6O2. The van der Waals surface area contributed by atoms with Gasteiger partial charge < -0.3 is 16.2 Å². The van der Waals surface area contributed by atoms with Gasteiger partial charge in [0.05, 0.1) is 5.69 Å². The highest BCUT2D eigenvalue weighted by Gasteiger charge is 2.27. The first-order valence-electron chi connectivity index (χ1n) is 10.4. The number of hydrogen-bond acceptors (Lipinski definition) is 6. The van der Waals surface area contributed by atoms with E-state index in [1.807, 2.05) is 54.6 Å². The molecule has 0 atom stereocenters. The largest absolute Gasteiger partial charge is 0.457 e. The number of rotatable bonds is 4. The van der Waals surface area contributed by atoms with Crippen molar-refractivity contribution >= 4 is 17.0 Å². The third-order valence-electron chi connectivity index (χ3n) is 5.86. The fourth-order valence-electron chi connectivity index (χ4n) is 4.28. The van der Waals surface area contributed by atoms with Crippen molar-refractivity contribution in [2.24, 2.45) is 5.73 Å². The minimum atomic E-state index is -0.167. The molecule has 158 valence electrons. The third-order valence-corrected chi connectivity index (χ3v) is 5.86. The number of hydrogen-bond donors (Lipinski definition) is 2. The Labute approximate surface area is 179 Å². The molecule has 8 heteroatoms. The summed E-state index contributed by atoms with van der Waals surface area (Å²) >= 11 is 0. The Hall–Kier alpha value is -3.65. The van der Waals surface area contributed by atoms with Crippen LogP contribution in [0.4, 0.5) is 5.82 Å². The molecule has 2 aromatic heterocycles. The van der Waals surface area contributed by atoms with Gasteiger partial charge in [-0.05, 0) is 62.1 Å². The standard InChI is InChI=1S/C23H24N6O2/c24-15-6-8-17(9-7-15)29-22-20(21(25)26-14-27-22)28(23(29)30)16-10-12-19(13-11-16)31-18-4-2-1-3-5-18/h1-5,10-15,17H,6-9,24H2,(H2,25,26,27)/t15-,17+. The number of nitrogens with two attached hydrogens (primary N) is 2. The summed E-state index contributed by atoms with van der Waals surface area (Å²) in [4.78, 5) is 22.1. The predicted octanol–water partition coefficient (Wildman–Crippen LogP) is 3.40. The van der Waals surface area contributed by atoms with Crippen molar-refractivity contribution in [1.82, 2.24) is 19.1 Å². The Kier molecular flexibility index (Phi) is 4.91. The smallest absolute Gasteiger partial charge is 0.335 e. The SMILES string of the molecule is Nc1ncnc2c1n(-c1ccc(Oc3ccccc3)cc1)c(=O)n2[C@H]1CC[C@@H](N)CC1. The van der Waals surface area contributed by atoms with E-state index >= 15 is 0 Å². The Morgan fingerprint density at radius 1 is 0.903 bits per heavy atom. The average molecular weight is 416 g/mol. The molecule has 1 aliphatic rings. The molecular weight excluding hydrogens is 392 g/mol. The number of fused-ring (bicyclic) bond motifs is 1. The highest BCUT2D eigenvalue weighted by molar-refractivity contribution is 5.84. The van der Waals surface area contributed by atoms with E-state index < -0.39 is 0 Å². The lowest BCUT2D eigenvalue weighted by Crippen LogP contribution is -2.33. The van der Waals surface area contributed by atoms with Gasteiger partial charge >= 0.3 is 5.69 Å². The van der Waals surface area contributed by atoms with Gasteiger partial charge in [-0.3, -0.25) is 9.13 Å². The number of nitrogens with zero attached hydrogens (tertiary/aromatic N) is 4. The van der Waals surface area contributed by atoms with Gasteiger partial charge in [-0.2, -0.15) is 0 Å². The van der Waals surface area contributed by atoms with Crippen molar-refractivity contribution in [3.05, 3.63) is 71.4 Å². The maximum Gasteiger partial charge on any atom is 0.335 e. The summed E-state index contributed by atoms with van der Waals surface area (Å²) in [5.41, 5.74) is 13.9. The summed E-state index contributed by atoms with van der Waals surface area (Å²) in [6.45, 7) is 0. The van der Waals surface area contributed by atoms with Crippen molar-refractivity contribution in [3.63, 3.8) is 0 Å². The highest BCUT2D eigenvalue weighted by Crippen LogP contribution is 2.31. The molecule has 4 N–H and O–H groups in total. The zero-order valence-corrected chi connectivity index (χ0v) is 17.0. The van der Waals surface area contributed by atoms with Crippen molar-refractivity contribution in [1.29, 1.82) is 0 Å². The van der Waals surface area contributed by atoms with Crippen LogP contribution < -0.4 is 21.9 Å². The molecule has 0 unspecified atom stereocenters. The van der Waals surface area contributed by atoms with Gasteiger partial charge in [-0.25, -0.2) is 14.8 Å². The van der Waals surface area contributed by atoms with E-state index in [4.69, 9.17) is 16.2 Å². The molecule has 0 saturated heterocycles. The average Bonchev–Trinajstić information content (AvgIpc) is 3.09. The molecule has 31 heavy (non-hydrogen) atoms. The second kappa shape index (κ2) is 7.88. The molecule has 0 spiro atoms. The van der Waals surface area contributed by atoms with Gasteiger partial charge in [0.25, 0.3) is 0 Å². The van der Waals surface area contributed by atoms with Crippen LogP contribution >= 0.6 is 0 Å². The first kappa shape index (κ1) is 19.3. The van der Waals surface area contributed by atoms with Crippen molar-refractivity contribution in [2.45, 2.75) is 37.8 Å². The number of aromatic nitrogens is 4. The molecule has 5 rings (SSSR count). The maximum absolute atomic E-state index is 13.5. The summed E-state index contributed by atoms with van der Waals surface area (Å²) in [7, 11) is 0. The molecule has 0 amide bonds. The lowest BCUT2D eigenvalue weighted by molar-refractivity contribution is 0.322. The van der Waals surface area contributed by atoms with E-state index in [0.29, 0.717) is 22.6 Å². The van der Waals surface area contributed by atoms with Crippen LogP contribution in [0, 0.1) is 0 Å². The first-order chi connectivity index (χ1) is 15.1. The number of imidazole rings is 1. The van der Waals surface area contributed by atoms with Gasteiger partial charge in [-0.1, -0.05) is 18.2 Å². The Bertz CT molecular complexity index is 1260. The lowest BCUT2D eigenvalue weighted by atomic mass is 9.92. The molecule has 0 bridgehead atoms. The minimum absolute atomic E-state index is 0.0473. The zero-order valence-electron chi connectivity index (χ0n) is 17.0. The van der Waals surface area contributed by atoms with Gasteiger partial charge in [0.2, 0.25) is 0 Å². The van der Waals surface area contributed by atoms with Crippen LogP contribution in [0.5, 0.6) is 11.5 Å². The number of ether oxygens (including phenoxy) is 1. The first-order valence-corrected chi connectivity index (χ1v) is 10.4. The van der Waals surface area contributed by atoms with E-state index in [1.54, 1.807) is 9.13 Å². The molecule has 2 aromatic carbocycles. The summed E-state index contributed by atoms with van der Waals surface area (Å²) in [6.07, 6.45) is 4.86. The topological polar surface area (TPSA) is 114 Å². The van der Waals surface area contributed by atoms with Crippen LogP contribution in [-0.2, 0) is 0 Å². The summed E-state index contributed by atoms with van der Waals surface area (Å²) in [5, 5.41) is 0. The monoisotopic (exact) mass is 416 g/mol. The molecule has 8 nitrogen and oxygen atoms in total. The van der Waals surface area contributed by atoms with Gasteiger partial charge in [0.15, 0.2) is 11.5 Å². The Balaban J connectivity index is 1.57. The Morgan fingerprint density at radius 2 is 1.58 bits per heavy atom. The summed E-state index contributed by atoms with van der Waals surface area (Å²) in [6, 6.07) is 17.1. The lowest BCUT2D eigenvalue weighted by Gasteiger charge is -2.26. The van der Waals surface area contributed by atoms with Gasteiger partial charge in [-0.15, -0.1) is 0 Å². The number of benzene rings is 2. The summed E-state index contributed by atoms with van der Waals surface area (Å²) < 4.78 is 9.21. The summed E-state index contributed by atoms with van der Waals surface area (Å²) in [5.74, 6) is 1.70. The number of para-hydroxylation sites is 1. The van der Waals surface area contributed by atoms with Crippen LogP contribution in [0.1, 0.15) is 31.7 Å². The van der Waals surface area contributed by atoms with E-state index in [1.165, 1.54) is 6.33 Å². The molecule has 0 radical (unpaired) electrons. The fourth-order valence-corrected chi connectivity index (χ4v) is 4.28. The van der Waals surface area contributed by atoms with Crippen molar-refractivity contribution in [3.8, 4) is 17.2 Å². The van der Waals surface area contributed by atoms with Gasteiger partial charge in [0, 0.05) is 12.1 Å². The van der Waals surface area contributed by atoms with E-state index in [2.05, 4.69) is 9.97 Å². The molecule has 1 aliphatic carbocycles. The normalized spacial score (nSPS) is 18.9.